The van der Waals surface area contributed by atoms with Gasteiger partial charge in [0.1, 0.15) is 0 Å². The molecule has 1 fully saturated rings. The molecule has 1 aliphatic heterocycles. The molecule has 0 aromatic carbocycles. The third kappa shape index (κ3) is 3.78. The Labute approximate surface area is 115 Å². The highest BCUT2D eigenvalue weighted by atomic mass is 16.3. The molecule has 0 radical (unpaired) electrons. The summed E-state index contributed by atoms with van der Waals surface area (Å²) in [5.41, 5.74) is 2.22. The zero-order chi connectivity index (χ0) is 13.8. The average Bonchev–Trinajstić information content (AvgIpc) is 2.75. The van der Waals surface area contributed by atoms with Crippen molar-refractivity contribution in [2.45, 2.75) is 45.8 Å². The van der Waals surface area contributed by atoms with Crippen molar-refractivity contribution in [2.24, 2.45) is 0 Å². The van der Waals surface area contributed by atoms with Crippen LogP contribution in [0.1, 0.15) is 31.7 Å². The van der Waals surface area contributed by atoms with Crippen molar-refractivity contribution in [3.05, 3.63) is 17.5 Å². The van der Waals surface area contributed by atoms with E-state index in [9.17, 15) is 5.11 Å². The van der Waals surface area contributed by atoms with Crippen LogP contribution in [0.4, 0.5) is 0 Å². The fraction of sp³-hybridized carbons (Fsp3) is 0.786. The smallest absolute Gasteiger partial charge is 0.0765 e. The van der Waals surface area contributed by atoms with E-state index < -0.39 is 0 Å². The van der Waals surface area contributed by atoms with Crippen molar-refractivity contribution in [3.63, 3.8) is 0 Å². The molecule has 0 spiro atoms. The molecule has 1 aliphatic rings. The minimum Gasteiger partial charge on any atom is -0.396 e. The molecule has 1 saturated heterocycles. The van der Waals surface area contributed by atoms with Crippen LogP contribution in [-0.2, 0) is 6.54 Å². The molecule has 2 N–H and O–H groups in total. The molecule has 2 rings (SSSR count). The number of aliphatic hydroxyl groups excluding tert-OH is 1. The Hall–Kier alpha value is -0.910. The summed E-state index contributed by atoms with van der Waals surface area (Å²) in [6.45, 7) is 10.8. The number of hydrogen-bond acceptors (Lipinski definition) is 4. The van der Waals surface area contributed by atoms with Gasteiger partial charge in [0.05, 0.1) is 5.69 Å². The van der Waals surface area contributed by atoms with E-state index in [1.165, 1.54) is 0 Å². The predicted octanol–water partition coefficient (Wildman–Crippen LogP) is 0.995. The van der Waals surface area contributed by atoms with Crippen LogP contribution in [-0.4, -0.2) is 63.4 Å². The fourth-order valence-corrected chi connectivity index (χ4v) is 2.95. The molecule has 0 bridgehead atoms. The number of nitrogens with zero attached hydrogens (tertiary/aromatic N) is 3. The number of aromatic nitrogens is 2. The maximum atomic E-state index is 9.23. The second-order valence-corrected chi connectivity index (χ2v) is 5.78. The first kappa shape index (κ1) is 14.5. The van der Waals surface area contributed by atoms with Gasteiger partial charge in [0, 0.05) is 50.6 Å². The third-order valence-electron chi connectivity index (χ3n) is 3.88. The zero-order valence-corrected chi connectivity index (χ0v) is 12.3. The Balaban J connectivity index is 1.94. The molecule has 2 heterocycles. The van der Waals surface area contributed by atoms with Gasteiger partial charge in [-0.2, -0.15) is 5.10 Å². The first-order valence-electron chi connectivity index (χ1n) is 7.20. The summed E-state index contributed by atoms with van der Waals surface area (Å²) in [6.07, 6.45) is 0.855. The van der Waals surface area contributed by atoms with Crippen LogP contribution in [0, 0.1) is 6.92 Å². The number of nitrogens with one attached hydrogen (secondary N) is 1. The second-order valence-electron chi connectivity index (χ2n) is 5.78. The van der Waals surface area contributed by atoms with Crippen LogP contribution in [0.5, 0.6) is 0 Å². The Bertz CT molecular complexity index is 391. The largest absolute Gasteiger partial charge is 0.396 e. The minimum atomic E-state index is 0.267. The van der Waals surface area contributed by atoms with Crippen molar-refractivity contribution >= 4 is 0 Å². The topological polar surface area (TPSA) is 55.4 Å². The molecule has 108 valence electrons. The van der Waals surface area contributed by atoms with E-state index in [4.69, 9.17) is 0 Å². The maximum absolute atomic E-state index is 9.23. The molecule has 0 amide bonds. The van der Waals surface area contributed by atoms with E-state index in [0.29, 0.717) is 12.1 Å². The van der Waals surface area contributed by atoms with Gasteiger partial charge < -0.3 is 5.11 Å². The SMILES string of the molecule is Cc1cc(CN2CCN(C(C)C)[C@H](CCO)C2)n[nH]1. The lowest BCUT2D eigenvalue weighted by atomic mass is 10.1. The van der Waals surface area contributed by atoms with Gasteiger partial charge in [-0.1, -0.05) is 0 Å². The van der Waals surface area contributed by atoms with Crippen LogP contribution < -0.4 is 0 Å². The Morgan fingerprint density at radius 1 is 1.47 bits per heavy atom. The van der Waals surface area contributed by atoms with E-state index >= 15 is 0 Å². The molecule has 1 atom stereocenters. The number of hydrogen-bond donors (Lipinski definition) is 2. The second kappa shape index (κ2) is 6.50. The fourth-order valence-electron chi connectivity index (χ4n) is 2.95. The standard InChI is InChI=1S/C14H26N4O/c1-11(2)18-6-5-17(10-14(18)4-7-19)9-13-8-12(3)15-16-13/h8,11,14,19H,4-7,9-10H2,1-3H3,(H,15,16)/t14-/m1/s1. The number of aryl methyl sites for hydroxylation is 1. The van der Waals surface area contributed by atoms with Crippen LogP contribution in [0.15, 0.2) is 6.07 Å². The number of H-pyrrole nitrogens is 1. The van der Waals surface area contributed by atoms with E-state index in [1.807, 2.05) is 6.92 Å². The van der Waals surface area contributed by atoms with Gasteiger partial charge in [0.25, 0.3) is 0 Å². The molecular formula is C14H26N4O. The number of rotatable bonds is 5. The monoisotopic (exact) mass is 266 g/mol. The zero-order valence-electron chi connectivity index (χ0n) is 12.3. The molecular weight excluding hydrogens is 240 g/mol. The Morgan fingerprint density at radius 2 is 2.26 bits per heavy atom. The van der Waals surface area contributed by atoms with E-state index in [0.717, 1.165) is 44.0 Å². The lowest BCUT2D eigenvalue weighted by molar-refractivity contribution is 0.0344. The van der Waals surface area contributed by atoms with Gasteiger partial charge in [0.2, 0.25) is 0 Å². The number of piperazine rings is 1. The van der Waals surface area contributed by atoms with Gasteiger partial charge in [0.15, 0.2) is 0 Å². The summed E-state index contributed by atoms with van der Waals surface area (Å²) in [7, 11) is 0. The van der Waals surface area contributed by atoms with Crippen LogP contribution in [0.3, 0.4) is 0 Å². The van der Waals surface area contributed by atoms with Gasteiger partial charge in [-0.3, -0.25) is 14.9 Å². The van der Waals surface area contributed by atoms with Crippen molar-refractivity contribution in [1.82, 2.24) is 20.0 Å². The summed E-state index contributed by atoms with van der Waals surface area (Å²) >= 11 is 0. The predicted molar refractivity (Wildman–Crippen MR) is 75.9 cm³/mol. The molecule has 19 heavy (non-hydrogen) atoms. The van der Waals surface area contributed by atoms with Gasteiger partial charge in [-0.15, -0.1) is 0 Å². The first-order chi connectivity index (χ1) is 9.10. The van der Waals surface area contributed by atoms with Crippen molar-refractivity contribution < 1.29 is 5.11 Å². The average molecular weight is 266 g/mol. The van der Waals surface area contributed by atoms with Gasteiger partial charge in [-0.05, 0) is 33.3 Å². The summed E-state index contributed by atoms with van der Waals surface area (Å²) in [6, 6.07) is 3.11. The van der Waals surface area contributed by atoms with E-state index in [1.54, 1.807) is 0 Å². The lowest BCUT2D eigenvalue weighted by Gasteiger charge is -2.43. The highest BCUT2D eigenvalue weighted by Crippen LogP contribution is 2.17. The van der Waals surface area contributed by atoms with E-state index in [2.05, 4.69) is 39.9 Å². The van der Waals surface area contributed by atoms with Gasteiger partial charge >= 0.3 is 0 Å². The van der Waals surface area contributed by atoms with Crippen LogP contribution in [0.25, 0.3) is 0 Å². The molecule has 0 aliphatic carbocycles. The molecule has 1 aromatic rings. The van der Waals surface area contributed by atoms with Crippen molar-refractivity contribution in [2.75, 3.05) is 26.2 Å². The maximum Gasteiger partial charge on any atom is 0.0765 e. The first-order valence-corrected chi connectivity index (χ1v) is 7.20. The lowest BCUT2D eigenvalue weighted by Crippen LogP contribution is -2.55. The van der Waals surface area contributed by atoms with Crippen molar-refractivity contribution in [1.29, 1.82) is 0 Å². The van der Waals surface area contributed by atoms with Crippen LogP contribution >= 0.6 is 0 Å². The Kier molecular flexibility index (Phi) is 4.96. The molecule has 5 heteroatoms. The summed E-state index contributed by atoms with van der Waals surface area (Å²) in [4.78, 5) is 4.94. The summed E-state index contributed by atoms with van der Waals surface area (Å²) in [5, 5.41) is 16.5. The molecule has 0 unspecified atom stereocenters. The van der Waals surface area contributed by atoms with Crippen molar-refractivity contribution in [3.8, 4) is 0 Å². The Morgan fingerprint density at radius 3 is 2.84 bits per heavy atom. The van der Waals surface area contributed by atoms with Gasteiger partial charge in [-0.25, -0.2) is 0 Å². The number of aliphatic hydroxyl groups is 1. The third-order valence-corrected chi connectivity index (χ3v) is 3.88. The quantitative estimate of drug-likeness (QED) is 0.834. The minimum absolute atomic E-state index is 0.267. The molecule has 1 aromatic heterocycles. The summed E-state index contributed by atoms with van der Waals surface area (Å²) < 4.78 is 0. The van der Waals surface area contributed by atoms with Crippen LogP contribution in [0.2, 0.25) is 0 Å². The molecule has 5 nitrogen and oxygen atoms in total. The summed E-state index contributed by atoms with van der Waals surface area (Å²) in [5.74, 6) is 0. The normalized spacial score (nSPS) is 22.3. The van der Waals surface area contributed by atoms with E-state index in [-0.39, 0.29) is 6.61 Å². The highest BCUT2D eigenvalue weighted by molar-refractivity contribution is 5.06. The number of aromatic amines is 1. The molecule has 0 saturated carbocycles. The highest BCUT2D eigenvalue weighted by Gasteiger charge is 2.28.